The van der Waals surface area contributed by atoms with Gasteiger partial charge in [-0.15, -0.1) is 0 Å². The second kappa shape index (κ2) is 18.3. The van der Waals surface area contributed by atoms with Crippen molar-refractivity contribution < 1.29 is 35.1 Å². The molecule has 2 unspecified atom stereocenters. The van der Waals surface area contributed by atoms with Gasteiger partial charge in [0.2, 0.25) is 11.4 Å². The zero-order chi connectivity index (χ0) is 47.3. The third-order valence-corrected chi connectivity index (χ3v) is 10.1. The number of fused-ring (bicyclic) bond motifs is 1. The molecule has 0 N–H and O–H groups in total. The summed E-state index contributed by atoms with van der Waals surface area (Å²) < 4.78 is 118. The van der Waals surface area contributed by atoms with Crippen LogP contribution >= 0.6 is 0 Å². The predicted molar refractivity (Wildman–Crippen MR) is 217 cm³/mol. The molecule has 16 heteroatoms. The number of alkyl halides is 6. The molecule has 0 radical (unpaired) electrons. The topological polar surface area (TPSA) is 113 Å². The molecule has 64 heavy (non-hydrogen) atoms. The molecule has 2 aliphatic carbocycles. The Kier molecular flexibility index (Phi) is 13.1. The molecule has 0 saturated carbocycles. The van der Waals surface area contributed by atoms with Gasteiger partial charge < -0.3 is 0 Å². The molecule has 0 fully saturated rings. The van der Waals surface area contributed by atoms with Gasteiger partial charge >= 0.3 is 12.4 Å². The molecule has 8 nitrogen and oxygen atoms in total. The molecule has 2 atom stereocenters. The van der Waals surface area contributed by atoms with Crippen LogP contribution in [0.5, 0.6) is 0 Å². The molecule has 0 aliphatic heterocycles. The lowest BCUT2D eigenvalue weighted by atomic mass is 9.73. The number of allylic oxidation sites excluding steroid dienone is 12. The quantitative estimate of drug-likeness (QED) is 0.102. The van der Waals surface area contributed by atoms with Crippen molar-refractivity contribution in [2.24, 2.45) is 11.8 Å². The summed E-state index contributed by atoms with van der Waals surface area (Å²) >= 11 is 0. The minimum Gasteiger partial charge on any atom is -0.239 e. The van der Waals surface area contributed by atoms with Crippen molar-refractivity contribution in [3.63, 3.8) is 0 Å². The summed E-state index contributed by atoms with van der Waals surface area (Å²) in [6, 6.07) is 16.8. The Hall–Kier alpha value is -9.06. The Morgan fingerprint density at radius 1 is 0.688 bits per heavy atom. The molecule has 3 aromatic carbocycles. The summed E-state index contributed by atoms with van der Waals surface area (Å²) in [6.45, 7) is 38.5. The number of nitrogens with zero attached hydrogens (tertiary/aromatic N) is 8. The van der Waals surface area contributed by atoms with Crippen LogP contribution in [0.2, 0.25) is 0 Å². The van der Waals surface area contributed by atoms with E-state index in [4.69, 9.17) is 26.3 Å². The average Bonchev–Trinajstić information content (AvgIpc) is 3.58. The highest BCUT2D eigenvalue weighted by molar-refractivity contribution is 5.91. The van der Waals surface area contributed by atoms with Crippen LogP contribution in [0, 0.1) is 83.4 Å². The fraction of sp³-hybridized carbons (Fsp3) is 0.125. The van der Waals surface area contributed by atoms with Gasteiger partial charge in [-0.05, 0) is 77.1 Å². The van der Waals surface area contributed by atoms with Crippen LogP contribution in [-0.2, 0) is 6.18 Å². The number of nitriles is 4. The van der Waals surface area contributed by atoms with E-state index in [1.165, 1.54) is 0 Å². The third kappa shape index (κ3) is 9.00. The van der Waals surface area contributed by atoms with E-state index in [0.29, 0.717) is 12.1 Å². The maximum atomic E-state index is 17.5. The Morgan fingerprint density at radius 2 is 1.28 bits per heavy atom. The van der Waals surface area contributed by atoms with Crippen molar-refractivity contribution >= 4 is 28.2 Å². The molecule has 2 aliphatic rings. The van der Waals surface area contributed by atoms with Gasteiger partial charge in [0.05, 0.1) is 66.3 Å². The van der Waals surface area contributed by atoms with Gasteiger partial charge in [-0.25, -0.2) is 28.2 Å². The largest absolute Gasteiger partial charge is 0.416 e. The number of benzene rings is 3. The second-order valence-electron chi connectivity index (χ2n) is 13.8. The van der Waals surface area contributed by atoms with Crippen LogP contribution in [0.15, 0.2) is 137 Å². The van der Waals surface area contributed by atoms with Crippen molar-refractivity contribution in [3.05, 3.63) is 216 Å². The first-order chi connectivity index (χ1) is 30.3. The van der Waals surface area contributed by atoms with E-state index >= 15 is 8.78 Å². The number of halogens is 8. The minimum absolute atomic E-state index is 0.173. The molecule has 3 aromatic rings. The fourth-order valence-corrected chi connectivity index (χ4v) is 7.14. The van der Waals surface area contributed by atoms with Gasteiger partial charge in [0.15, 0.2) is 11.4 Å². The van der Waals surface area contributed by atoms with Gasteiger partial charge in [-0.1, -0.05) is 55.1 Å². The van der Waals surface area contributed by atoms with Gasteiger partial charge in [-0.3, -0.25) is 0 Å². The van der Waals surface area contributed by atoms with Crippen molar-refractivity contribution in [1.82, 2.24) is 0 Å². The molecular weight excluding hydrogens is 841 g/mol. The van der Waals surface area contributed by atoms with E-state index in [0.717, 1.165) is 60.7 Å². The standard InChI is InChI=1S/C48H22F8N8/c1-25(7-8-26(2)47(51,52)53)36-18-32(23-59)43(49)38(45(63-5)31-14-27(21-57)13-28(15-31)22-58)20-37(29-9-11-33(12-10-29)48(54,55)56)42-40(36)41(44(50)46(42)64-6)39(24-60)30-16-34(61-3)19-35(17-30)62-4/h9-20,40,42H,1-2,7-8H2/b36-18+,37-20+,41-39-,43-32-,45-38+. The van der Waals surface area contributed by atoms with Crippen molar-refractivity contribution in [2.45, 2.75) is 25.2 Å². The molecule has 0 saturated heterocycles. The van der Waals surface area contributed by atoms with Gasteiger partial charge in [0.1, 0.15) is 23.8 Å². The average molecular weight is 863 g/mol. The highest BCUT2D eigenvalue weighted by Gasteiger charge is 2.47. The fourth-order valence-electron chi connectivity index (χ4n) is 7.14. The van der Waals surface area contributed by atoms with Crippen molar-refractivity contribution in [3.8, 4) is 24.3 Å². The van der Waals surface area contributed by atoms with Crippen LogP contribution in [0.1, 0.15) is 46.2 Å². The lowest BCUT2D eigenvalue weighted by Gasteiger charge is -2.29. The Morgan fingerprint density at radius 3 is 1.75 bits per heavy atom. The molecule has 310 valence electrons. The van der Waals surface area contributed by atoms with E-state index in [-0.39, 0.29) is 44.8 Å². The molecule has 5 rings (SSSR count). The van der Waals surface area contributed by atoms with E-state index < -0.39 is 105 Å². The Balaban J connectivity index is 2.08. The second-order valence-corrected chi connectivity index (χ2v) is 13.8. The summed E-state index contributed by atoms with van der Waals surface area (Å²) in [4.78, 5) is 13.5. The summed E-state index contributed by atoms with van der Waals surface area (Å²) in [7, 11) is 0. The van der Waals surface area contributed by atoms with E-state index in [9.17, 15) is 47.4 Å². The van der Waals surface area contributed by atoms with E-state index in [1.807, 2.05) is 6.07 Å². The summed E-state index contributed by atoms with van der Waals surface area (Å²) in [5.41, 5.74) is -9.65. The lowest BCUT2D eigenvalue weighted by Crippen LogP contribution is -2.19. The zero-order valence-corrected chi connectivity index (χ0v) is 32.5. The highest BCUT2D eigenvalue weighted by atomic mass is 19.4. The van der Waals surface area contributed by atoms with E-state index in [2.05, 4.69) is 32.5 Å². The van der Waals surface area contributed by atoms with Crippen LogP contribution < -0.4 is 0 Å². The first-order valence-corrected chi connectivity index (χ1v) is 18.0. The molecular formula is C48H22F8N8. The van der Waals surface area contributed by atoms with Crippen molar-refractivity contribution in [2.75, 3.05) is 0 Å². The maximum absolute atomic E-state index is 17.5. The number of hydrogen-bond donors (Lipinski definition) is 0. The Bertz CT molecular complexity index is 3050. The SMILES string of the molecule is [C-]#[N+]C1=C(F)/C(=C(/C#N)c2cc([N+]#[C-])cc([N+]#[C-])c2)C2/C(C(=C)CCC(=C)C(F)(F)F)=C/C(C#N)=C(F)\C(=C(\[N+]#[C-])c3cc(C#N)cc(C#N)c3)\C=C(/c3ccc(C(F)(F)F)cc3)C12. The van der Waals surface area contributed by atoms with Crippen molar-refractivity contribution in [1.29, 1.82) is 21.0 Å². The van der Waals surface area contributed by atoms with Crippen LogP contribution in [0.4, 0.5) is 46.5 Å². The highest BCUT2D eigenvalue weighted by Crippen LogP contribution is 2.57. The Labute approximate surface area is 360 Å². The third-order valence-electron chi connectivity index (χ3n) is 10.1. The summed E-state index contributed by atoms with van der Waals surface area (Å²) in [6.07, 6.45) is -9.64. The normalized spacial score (nSPS) is 20.4. The zero-order valence-electron chi connectivity index (χ0n) is 32.5. The molecule has 0 aromatic heterocycles. The molecule has 0 amide bonds. The summed E-state index contributed by atoms with van der Waals surface area (Å²) in [5.74, 6) is -6.63. The van der Waals surface area contributed by atoms with Gasteiger partial charge in [0, 0.05) is 28.6 Å². The number of rotatable bonds is 7. The molecule has 0 spiro atoms. The molecule has 0 bridgehead atoms. The van der Waals surface area contributed by atoms with Crippen LogP contribution in [-0.4, -0.2) is 6.18 Å². The number of hydrogen-bond acceptors (Lipinski definition) is 4. The predicted octanol–water partition coefficient (Wildman–Crippen LogP) is 13.7. The van der Waals surface area contributed by atoms with Crippen LogP contribution in [0.3, 0.4) is 0 Å². The first-order valence-electron chi connectivity index (χ1n) is 18.0. The first kappa shape index (κ1) is 46.0. The summed E-state index contributed by atoms with van der Waals surface area (Å²) in [5, 5.41) is 40.7. The van der Waals surface area contributed by atoms with Gasteiger partial charge in [-0.2, -0.15) is 47.4 Å². The van der Waals surface area contributed by atoms with Gasteiger partial charge in [0.25, 0.3) is 0 Å². The molecule has 0 heterocycles. The lowest BCUT2D eigenvalue weighted by molar-refractivity contribution is -0.137. The smallest absolute Gasteiger partial charge is 0.239 e. The maximum Gasteiger partial charge on any atom is 0.416 e. The minimum atomic E-state index is -4.91. The monoisotopic (exact) mass is 862 g/mol. The van der Waals surface area contributed by atoms with E-state index in [1.54, 1.807) is 18.2 Å². The van der Waals surface area contributed by atoms with Crippen LogP contribution in [0.25, 0.3) is 36.2 Å².